The molecule has 2 heterocycles. The van der Waals surface area contributed by atoms with Crippen LogP contribution in [0.5, 0.6) is 0 Å². The minimum Gasteiger partial charge on any atom is -0.394 e. The Balaban J connectivity index is 1.78. The molecule has 1 aliphatic rings. The van der Waals surface area contributed by atoms with Crippen LogP contribution in [0.3, 0.4) is 0 Å². The van der Waals surface area contributed by atoms with Crippen molar-refractivity contribution in [3.8, 4) is 0 Å². The van der Waals surface area contributed by atoms with Gasteiger partial charge in [-0.15, -0.1) is 10.2 Å². The molecular weight excluding hydrogens is 260 g/mol. The summed E-state index contributed by atoms with van der Waals surface area (Å²) in [7, 11) is 1.93. The number of rotatable bonds is 6. The Hall–Kier alpha value is -1.11. The van der Waals surface area contributed by atoms with E-state index in [2.05, 4.69) is 15.5 Å². The first-order chi connectivity index (χ1) is 9.29. The van der Waals surface area contributed by atoms with Gasteiger partial charge in [-0.05, 0) is 37.9 Å². The monoisotopic (exact) mass is 278 g/mol. The maximum absolute atomic E-state index is 9.71. The van der Waals surface area contributed by atoms with E-state index in [1.807, 2.05) is 35.8 Å². The lowest BCUT2D eigenvalue weighted by molar-refractivity contribution is 0.167. The number of likely N-dealkylation sites (N-methyl/N-ethyl adjacent to an activating group) is 1. The van der Waals surface area contributed by atoms with Gasteiger partial charge in [0, 0.05) is 11.9 Å². The van der Waals surface area contributed by atoms with Crippen LogP contribution in [0.15, 0.2) is 29.6 Å². The third-order valence-electron chi connectivity index (χ3n) is 3.88. The molecule has 1 fully saturated rings. The van der Waals surface area contributed by atoms with Crippen molar-refractivity contribution >= 4 is 17.4 Å². The van der Waals surface area contributed by atoms with Crippen molar-refractivity contribution in [2.45, 2.75) is 23.5 Å². The van der Waals surface area contributed by atoms with E-state index in [0.29, 0.717) is 5.92 Å². The molecule has 3 rings (SSSR count). The Morgan fingerprint density at radius 2 is 2.32 bits per heavy atom. The van der Waals surface area contributed by atoms with E-state index in [0.717, 1.165) is 16.6 Å². The molecule has 0 radical (unpaired) electrons. The van der Waals surface area contributed by atoms with Crippen molar-refractivity contribution in [2.75, 3.05) is 19.4 Å². The smallest absolute Gasteiger partial charge is 0.195 e. The highest BCUT2D eigenvalue weighted by Gasteiger charge is 2.43. The molecule has 0 aromatic carbocycles. The fraction of sp³-hybridized carbons (Fsp3) is 0.538. The van der Waals surface area contributed by atoms with E-state index in [1.54, 1.807) is 11.8 Å². The highest BCUT2D eigenvalue weighted by molar-refractivity contribution is 7.99. The van der Waals surface area contributed by atoms with Crippen LogP contribution in [0.4, 0.5) is 0 Å². The molecule has 1 unspecified atom stereocenters. The molecule has 1 atom stereocenters. The first-order valence-corrected chi connectivity index (χ1v) is 7.50. The molecule has 2 N–H and O–H groups in total. The first-order valence-electron chi connectivity index (χ1n) is 6.51. The second-order valence-corrected chi connectivity index (χ2v) is 5.98. The van der Waals surface area contributed by atoms with Crippen molar-refractivity contribution in [3.05, 3.63) is 24.4 Å². The van der Waals surface area contributed by atoms with Crippen LogP contribution in [0, 0.1) is 5.92 Å². The second-order valence-electron chi connectivity index (χ2n) is 5.04. The van der Waals surface area contributed by atoms with Crippen LogP contribution in [-0.4, -0.2) is 44.7 Å². The van der Waals surface area contributed by atoms with Crippen LogP contribution in [0.25, 0.3) is 5.65 Å². The van der Waals surface area contributed by atoms with Gasteiger partial charge in [0.2, 0.25) is 0 Å². The number of nitrogens with one attached hydrogen (secondary N) is 1. The zero-order valence-corrected chi connectivity index (χ0v) is 11.7. The molecular formula is C13H18N4OS. The summed E-state index contributed by atoms with van der Waals surface area (Å²) in [4.78, 5) is 0. The van der Waals surface area contributed by atoms with Gasteiger partial charge in [-0.2, -0.15) is 0 Å². The zero-order valence-electron chi connectivity index (χ0n) is 10.9. The standard InChI is InChI=1S/C13H18N4OS/c1-14-13(8-18,10-5-6-10)9-19-12-16-15-11-4-2-3-7-17(11)12/h2-4,7,10,14,18H,5-6,8-9H2,1H3. The number of thioether (sulfide) groups is 1. The normalized spacial score (nSPS) is 18.6. The fourth-order valence-corrected chi connectivity index (χ4v) is 3.65. The Morgan fingerprint density at radius 3 is 3.00 bits per heavy atom. The van der Waals surface area contributed by atoms with Crippen LogP contribution in [-0.2, 0) is 0 Å². The molecule has 6 heteroatoms. The van der Waals surface area contributed by atoms with Crippen molar-refractivity contribution < 1.29 is 5.11 Å². The largest absolute Gasteiger partial charge is 0.394 e. The molecule has 5 nitrogen and oxygen atoms in total. The molecule has 0 saturated heterocycles. The summed E-state index contributed by atoms with van der Waals surface area (Å²) in [5.74, 6) is 1.38. The van der Waals surface area contributed by atoms with Crippen molar-refractivity contribution in [2.24, 2.45) is 5.92 Å². The molecule has 0 bridgehead atoms. The topological polar surface area (TPSA) is 62.5 Å². The van der Waals surface area contributed by atoms with Crippen LogP contribution >= 0.6 is 11.8 Å². The van der Waals surface area contributed by atoms with Crippen molar-refractivity contribution in [1.29, 1.82) is 0 Å². The lowest BCUT2D eigenvalue weighted by Gasteiger charge is -2.31. The van der Waals surface area contributed by atoms with E-state index in [9.17, 15) is 5.11 Å². The maximum atomic E-state index is 9.71. The maximum Gasteiger partial charge on any atom is 0.195 e. The highest BCUT2D eigenvalue weighted by atomic mass is 32.2. The number of nitrogens with zero attached hydrogens (tertiary/aromatic N) is 3. The van der Waals surface area contributed by atoms with E-state index in [4.69, 9.17) is 0 Å². The summed E-state index contributed by atoms with van der Waals surface area (Å²) in [5.41, 5.74) is 0.668. The molecule has 1 saturated carbocycles. The van der Waals surface area contributed by atoms with Gasteiger partial charge in [0.25, 0.3) is 0 Å². The summed E-state index contributed by atoms with van der Waals surface area (Å²) < 4.78 is 1.98. The number of fused-ring (bicyclic) bond motifs is 1. The van der Waals surface area contributed by atoms with Crippen molar-refractivity contribution in [3.63, 3.8) is 0 Å². The number of hydrogen-bond acceptors (Lipinski definition) is 5. The van der Waals surface area contributed by atoms with E-state index < -0.39 is 0 Å². The highest BCUT2D eigenvalue weighted by Crippen LogP contribution is 2.41. The first kappa shape index (κ1) is 12.9. The summed E-state index contributed by atoms with van der Waals surface area (Å²) >= 11 is 1.65. The molecule has 1 aliphatic carbocycles. The van der Waals surface area contributed by atoms with Gasteiger partial charge in [-0.25, -0.2) is 0 Å². The average molecular weight is 278 g/mol. The zero-order chi connectivity index (χ0) is 13.3. The number of pyridine rings is 1. The number of aliphatic hydroxyl groups is 1. The fourth-order valence-electron chi connectivity index (χ4n) is 2.40. The van der Waals surface area contributed by atoms with Gasteiger partial charge >= 0.3 is 0 Å². The number of aromatic nitrogens is 3. The number of hydrogen-bond donors (Lipinski definition) is 2. The van der Waals surface area contributed by atoms with Gasteiger partial charge in [-0.1, -0.05) is 17.8 Å². The quantitative estimate of drug-likeness (QED) is 0.777. The van der Waals surface area contributed by atoms with Gasteiger partial charge in [0.1, 0.15) is 0 Å². The minimum atomic E-state index is -0.189. The number of aliphatic hydroxyl groups excluding tert-OH is 1. The van der Waals surface area contributed by atoms with Gasteiger partial charge < -0.3 is 10.4 Å². The van der Waals surface area contributed by atoms with E-state index >= 15 is 0 Å². The predicted molar refractivity (Wildman–Crippen MR) is 75.3 cm³/mol. The Bertz CT molecular complexity index is 563. The van der Waals surface area contributed by atoms with Crippen LogP contribution in [0.2, 0.25) is 0 Å². The lowest BCUT2D eigenvalue weighted by Crippen LogP contribution is -2.51. The van der Waals surface area contributed by atoms with E-state index in [-0.39, 0.29) is 12.1 Å². The average Bonchev–Trinajstić information content (AvgIpc) is 3.23. The molecule has 2 aromatic heterocycles. The SMILES string of the molecule is CNC(CO)(CSc1nnc2ccccn12)C1CC1. The molecule has 0 aliphatic heterocycles. The van der Waals surface area contributed by atoms with Crippen LogP contribution < -0.4 is 5.32 Å². The van der Waals surface area contributed by atoms with Gasteiger partial charge in [-0.3, -0.25) is 4.40 Å². The summed E-state index contributed by atoms with van der Waals surface area (Å²) in [6.07, 6.45) is 4.36. The van der Waals surface area contributed by atoms with Crippen LogP contribution in [0.1, 0.15) is 12.8 Å². The molecule has 19 heavy (non-hydrogen) atoms. The Morgan fingerprint density at radius 1 is 1.47 bits per heavy atom. The Kier molecular flexibility index (Phi) is 3.47. The second kappa shape index (κ2) is 5.11. The lowest BCUT2D eigenvalue weighted by atomic mass is 9.97. The summed E-state index contributed by atoms with van der Waals surface area (Å²) in [5, 5.41) is 22.3. The predicted octanol–water partition coefficient (Wildman–Crippen LogP) is 1.18. The molecule has 102 valence electrons. The third kappa shape index (κ3) is 2.35. The Labute approximate surface area is 116 Å². The van der Waals surface area contributed by atoms with E-state index in [1.165, 1.54) is 12.8 Å². The summed E-state index contributed by atoms with van der Waals surface area (Å²) in [6, 6.07) is 5.86. The molecule has 0 amide bonds. The van der Waals surface area contributed by atoms with Gasteiger partial charge in [0.05, 0.1) is 12.1 Å². The summed E-state index contributed by atoms with van der Waals surface area (Å²) in [6.45, 7) is 0.165. The van der Waals surface area contributed by atoms with Gasteiger partial charge in [0.15, 0.2) is 10.8 Å². The van der Waals surface area contributed by atoms with Crippen molar-refractivity contribution in [1.82, 2.24) is 19.9 Å². The third-order valence-corrected chi connectivity index (χ3v) is 5.08. The minimum absolute atomic E-state index is 0.165. The molecule has 2 aromatic rings. The molecule has 0 spiro atoms.